The van der Waals surface area contributed by atoms with E-state index in [0.29, 0.717) is 5.69 Å². The number of amides is 1. The molecule has 1 amide bonds. The average molecular weight is 383 g/mol. The molecule has 2 aromatic rings. The molecule has 2 rings (SSSR count). The van der Waals surface area contributed by atoms with Crippen molar-refractivity contribution in [1.82, 2.24) is 5.32 Å². The SMILES string of the molecule is CC(C)NC(=O)COc1ccc(S(=O)(=O)Nc2ccccc2)cc1Cl. The van der Waals surface area contributed by atoms with Gasteiger partial charge in [-0.25, -0.2) is 8.42 Å². The van der Waals surface area contributed by atoms with Crippen LogP contribution in [-0.4, -0.2) is 27.0 Å². The summed E-state index contributed by atoms with van der Waals surface area (Å²) in [5.74, 6) is -0.0484. The molecule has 0 aromatic heterocycles. The fourth-order valence-electron chi connectivity index (χ4n) is 1.99. The lowest BCUT2D eigenvalue weighted by molar-refractivity contribution is -0.123. The van der Waals surface area contributed by atoms with Crippen LogP contribution in [0.1, 0.15) is 13.8 Å². The standard InChI is InChI=1S/C17H19ClN2O4S/c1-12(2)19-17(21)11-24-16-9-8-14(10-15(16)18)25(22,23)20-13-6-4-3-5-7-13/h3-10,12,20H,11H2,1-2H3,(H,19,21). The third-order valence-corrected chi connectivity index (χ3v) is 4.72. The maximum absolute atomic E-state index is 12.4. The smallest absolute Gasteiger partial charge is 0.261 e. The Balaban J connectivity index is 2.09. The predicted octanol–water partition coefficient (Wildman–Crippen LogP) is 3.04. The van der Waals surface area contributed by atoms with E-state index in [0.717, 1.165) is 0 Å². The van der Waals surface area contributed by atoms with Crippen LogP contribution in [0.15, 0.2) is 53.4 Å². The highest BCUT2D eigenvalue weighted by Gasteiger charge is 2.17. The van der Waals surface area contributed by atoms with Crippen molar-refractivity contribution in [2.45, 2.75) is 24.8 Å². The van der Waals surface area contributed by atoms with Gasteiger partial charge in [-0.05, 0) is 44.2 Å². The monoisotopic (exact) mass is 382 g/mol. The molecular weight excluding hydrogens is 364 g/mol. The molecule has 0 aliphatic rings. The largest absolute Gasteiger partial charge is 0.482 e. The van der Waals surface area contributed by atoms with Gasteiger partial charge < -0.3 is 10.1 Å². The summed E-state index contributed by atoms with van der Waals surface area (Å²) in [6, 6.07) is 12.6. The van der Waals surface area contributed by atoms with Gasteiger partial charge in [-0.1, -0.05) is 29.8 Å². The number of para-hydroxylation sites is 1. The van der Waals surface area contributed by atoms with Crippen molar-refractivity contribution in [3.8, 4) is 5.75 Å². The second-order valence-corrected chi connectivity index (χ2v) is 7.66. The molecule has 0 saturated carbocycles. The Hall–Kier alpha value is -2.25. The summed E-state index contributed by atoms with van der Waals surface area (Å²) in [6.45, 7) is 3.47. The number of ether oxygens (including phenoxy) is 1. The first kappa shape index (κ1) is 19.1. The fourth-order valence-corrected chi connectivity index (χ4v) is 3.38. The zero-order valence-corrected chi connectivity index (χ0v) is 15.4. The summed E-state index contributed by atoms with van der Waals surface area (Å²) in [7, 11) is -3.77. The van der Waals surface area contributed by atoms with Gasteiger partial charge in [0.05, 0.1) is 9.92 Å². The first-order chi connectivity index (χ1) is 11.8. The summed E-state index contributed by atoms with van der Waals surface area (Å²) in [5, 5.41) is 2.79. The zero-order valence-electron chi connectivity index (χ0n) is 13.8. The van der Waals surface area contributed by atoms with Crippen molar-refractivity contribution in [3.63, 3.8) is 0 Å². The molecule has 2 N–H and O–H groups in total. The van der Waals surface area contributed by atoms with Gasteiger partial charge in [0.15, 0.2) is 6.61 Å². The number of benzene rings is 2. The molecule has 0 radical (unpaired) electrons. The number of rotatable bonds is 7. The molecule has 0 atom stereocenters. The van der Waals surface area contributed by atoms with Crippen molar-refractivity contribution >= 4 is 33.2 Å². The van der Waals surface area contributed by atoms with E-state index < -0.39 is 10.0 Å². The lowest BCUT2D eigenvalue weighted by Gasteiger charge is -2.12. The van der Waals surface area contributed by atoms with E-state index >= 15 is 0 Å². The molecule has 0 saturated heterocycles. The van der Waals surface area contributed by atoms with Gasteiger partial charge in [-0.2, -0.15) is 0 Å². The molecule has 2 aromatic carbocycles. The van der Waals surface area contributed by atoms with Gasteiger partial charge in [0.25, 0.3) is 15.9 Å². The van der Waals surface area contributed by atoms with E-state index in [1.165, 1.54) is 18.2 Å². The minimum Gasteiger partial charge on any atom is -0.482 e. The summed E-state index contributed by atoms with van der Waals surface area (Å²) < 4.78 is 32.5. The lowest BCUT2D eigenvalue weighted by atomic mass is 10.3. The molecule has 8 heteroatoms. The Morgan fingerprint density at radius 2 is 1.84 bits per heavy atom. The number of sulfonamides is 1. The Morgan fingerprint density at radius 1 is 1.16 bits per heavy atom. The molecule has 25 heavy (non-hydrogen) atoms. The molecule has 0 heterocycles. The van der Waals surface area contributed by atoms with Crippen LogP contribution in [0.25, 0.3) is 0 Å². The molecular formula is C17H19ClN2O4S. The third-order valence-electron chi connectivity index (χ3n) is 3.05. The Morgan fingerprint density at radius 3 is 2.44 bits per heavy atom. The first-order valence-electron chi connectivity index (χ1n) is 7.57. The maximum Gasteiger partial charge on any atom is 0.261 e. The number of hydrogen-bond donors (Lipinski definition) is 2. The summed E-state index contributed by atoms with van der Waals surface area (Å²) in [4.78, 5) is 11.6. The van der Waals surface area contributed by atoms with Gasteiger partial charge in [0.2, 0.25) is 0 Å². The highest BCUT2D eigenvalue weighted by Crippen LogP contribution is 2.28. The van der Waals surface area contributed by atoms with Gasteiger partial charge in [0.1, 0.15) is 5.75 Å². The number of anilines is 1. The van der Waals surface area contributed by atoms with E-state index in [4.69, 9.17) is 16.3 Å². The van der Waals surface area contributed by atoms with Crippen LogP contribution in [0.2, 0.25) is 5.02 Å². The third kappa shape index (κ3) is 5.65. The van der Waals surface area contributed by atoms with E-state index in [1.807, 2.05) is 13.8 Å². The van der Waals surface area contributed by atoms with Crippen LogP contribution in [0.5, 0.6) is 5.75 Å². The number of carbonyl (C=O) groups excluding carboxylic acids is 1. The van der Waals surface area contributed by atoms with Gasteiger partial charge >= 0.3 is 0 Å². The normalized spacial score (nSPS) is 11.2. The summed E-state index contributed by atoms with van der Waals surface area (Å²) in [6.07, 6.45) is 0. The molecule has 6 nitrogen and oxygen atoms in total. The Kier molecular flexibility index (Phi) is 6.27. The molecule has 0 unspecified atom stereocenters. The molecule has 0 bridgehead atoms. The number of hydrogen-bond acceptors (Lipinski definition) is 4. The van der Waals surface area contributed by atoms with Crippen LogP contribution in [0.3, 0.4) is 0 Å². The van der Waals surface area contributed by atoms with Crippen LogP contribution < -0.4 is 14.8 Å². The van der Waals surface area contributed by atoms with Gasteiger partial charge in [0, 0.05) is 11.7 Å². The summed E-state index contributed by atoms with van der Waals surface area (Å²) >= 11 is 6.08. The second kappa shape index (κ2) is 8.22. The van der Waals surface area contributed by atoms with Crippen molar-refractivity contribution in [3.05, 3.63) is 53.6 Å². The first-order valence-corrected chi connectivity index (χ1v) is 9.43. The topological polar surface area (TPSA) is 84.5 Å². The molecule has 0 aliphatic carbocycles. The quantitative estimate of drug-likeness (QED) is 0.770. The molecule has 0 aliphatic heterocycles. The Labute approximate surface area is 152 Å². The summed E-state index contributed by atoms with van der Waals surface area (Å²) in [5.41, 5.74) is 0.448. The van der Waals surface area contributed by atoms with Gasteiger partial charge in [-0.15, -0.1) is 0 Å². The predicted molar refractivity (Wildman–Crippen MR) is 97.5 cm³/mol. The average Bonchev–Trinajstić information content (AvgIpc) is 2.53. The second-order valence-electron chi connectivity index (χ2n) is 5.57. The van der Waals surface area contributed by atoms with Crippen LogP contribution in [0.4, 0.5) is 5.69 Å². The van der Waals surface area contributed by atoms with Crippen LogP contribution in [0, 0.1) is 0 Å². The van der Waals surface area contributed by atoms with E-state index in [2.05, 4.69) is 10.0 Å². The van der Waals surface area contributed by atoms with E-state index in [1.54, 1.807) is 30.3 Å². The van der Waals surface area contributed by atoms with Crippen LogP contribution in [-0.2, 0) is 14.8 Å². The van der Waals surface area contributed by atoms with E-state index in [9.17, 15) is 13.2 Å². The molecule has 134 valence electrons. The number of nitrogens with one attached hydrogen (secondary N) is 2. The van der Waals surface area contributed by atoms with Crippen molar-refractivity contribution in [2.75, 3.05) is 11.3 Å². The minimum atomic E-state index is -3.77. The highest BCUT2D eigenvalue weighted by atomic mass is 35.5. The number of halogens is 1. The van der Waals surface area contributed by atoms with E-state index in [-0.39, 0.29) is 34.2 Å². The highest BCUT2D eigenvalue weighted by molar-refractivity contribution is 7.92. The van der Waals surface area contributed by atoms with Crippen LogP contribution >= 0.6 is 11.6 Å². The van der Waals surface area contributed by atoms with Crippen molar-refractivity contribution in [1.29, 1.82) is 0 Å². The Bertz CT molecular complexity index is 839. The lowest BCUT2D eigenvalue weighted by Crippen LogP contribution is -2.34. The fraction of sp³-hybridized carbons (Fsp3) is 0.235. The molecule has 0 spiro atoms. The van der Waals surface area contributed by atoms with Crippen molar-refractivity contribution in [2.24, 2.45) is 0 Å². The maximum atomic E-state index is 12.4. The number of carbonyl (C=O) groups is 1. The molecule has 0 fully saturated rings. The van der Waals surface area contributed by atoms with Crippen molar-refractivity contribution < 1.29 is 17.9 Å². The minimum absolute atomic E-state index is 0.000310. The van der Waals surface area contributed by atoms with Gasteiger partial charge in [-0.3, -0.25) is 9.52 Å². The zero-order chi connectivity index (χ0) is 18.4.